The van der Waals surface area contributed by atoms with E-state index in [1.807, 2.05) is 12.1 Å². The maximum absolute atomic E-state index is 6.33. The first-order valence-electron chi connectivity index (χ1n) is 7.62. The van der Waals surface area contributed by atoms with Gasteiger partial charge in [-0.05, 0) is 42.9 Å². The Balaban J connectivity index is 2.13. The van der Waals surface area contributed by atoms with Gasteiger partial charge in [-0.3, -0.25) is 0 Å². The van der Waals surface area contributed by atoms with E-state index in [4.69, 9.17) is 11.6 Å². The number of likely N-dealkylation sites (N-methyl/N-ethyl adjacent to an activating group) is 1. The Morgan fingerprint density at radius 1 is 1.21 bits per heavy atom. The Morgan fingerprint density at radius 2 is 1.89 bits per heavy atom. The molecule has 1 nitrogen and oxygen atoms in total. The zero-order valence-corrected chi connectivity index (χ0v) is 13.0. The zero-order valence-electron chi connectivity index (χ0n) is 12.2. The highest BCUT2D eigenvalue weighted by Crippen LogP contribution is 2.40. The molecule has 1 aliphatic rings. The number of hydrogen-bond donors (Lipinski definition) is 1. The SMILES string of the molecule is CCNC(Cc1ccccc1Cl)C1(C)CCCCC1. The summed E-state index contributed by atoms with van der Waals surface area (Å²) in [4.78, 5) is 0. The summed E-state index contributed by atoms with van der Waals surface area (Å²) < 4.78 is 0. The molecule has 0 saturated heterocycles. The van der Waals surface area contributed by atoms with E-state index in [-0.39, 0.29) is 0 Å². The molecule has 19 heavy (non-hydrogen) atoms. The molecular formula is C17H26ClN. The van der Waals surface area contributed by atoms with Crippen LogP contribution in [-0.4, -0.2) is 12.6 Å². The molecule has 0 heterocycles. The fraction of sp³-hybridized carbons (Fsp3) is 0.647. The van der Waals surface area contributed by atoms with Gasteiger partial charge in [0.05, 0.1) is 0 Å². The maximum Gasteiger partial charge on any atom is 0.0438 e. The normalized spacial score (nSPS) is 20.2. The van der Waals surface area contributed by atoms with Gasteiger partial charge in [0.15, 0.2) is 0 Å². The Morgan fingerprint density at radius 3 is 2.53 bits per heavy atom. The monoisotopic (exact) mass is 279 g/mol. The van der Waals surface area contributed by atoms with Crippen LogP contribution in [0.1, 0.15) is 51.5 Å². The predicted molar refractivity (Wildman–Crippen MR) is 83.8 cm³/mol. The van der Waals surface area contributed by atoms with Crippen molar-refractivity contribution in [2.75, 3.05) is 6.54 Å². The van der Waals surface area contributed by atoms with Gasteiger partial charge in [-0.15, -0.1) is 0 Å². The minimum absolute atomic E-state index is 0.424. The molecule has 0 aliphatic heterocycles. The standard InChI is InChI=1S/C17H26ClN/c1-3-19-16(17(2)11-7-4-8-12-17)13-14-9-5-6-10-15(14)18/h5-6,9-10,16,19H,3-4,7-8,11-13H2,1-2H3. The lowest BCUT2D eigenvalue weighted by Crippen LogP contribution is -2.46. The Hall–Kier alpha value is -0.530. The first kappa shape index (κ1) is 14.9. The van der Waals surface area contributed by atoms with Gasteiger partial charge >= 0.3 is 0 Å². The Kier molecular flexibility index (Phi) is 5.29. The van der Waals surface area contributed by atoms with Crippen molar-refractivity contribution in [3.63, 3.8) is 0 Å². The van der Waals surface area contributed by atoms with Crippen LogP contribution in [0.3, 0.4) is 0 Å². The summed E-state index contributed by atoms with van der Waals surface area (Å²) in [6, 6.07) is 8.81. The first-order chi connectivity index (χ1) is 9.15. The Bertz CT molecular complexity index is 396. The molecule has 1 aromatic rings. The maximum atomic E-state index is 6.33. The van der Waals surface area contributed by atoms with E-state index in [0.717, 1.165) is 18.0 Å². The van der Waals surface area contributed by atoms with Crippen LogP contribution in [0.2, 0.25) is 5.02 Å². The second kappa shape index (κ2) is 6.76. The van der Waals surface area contributed by atoms with E-state index in [1.165, 1.54) is 37.7 Å². The van der Waals surface area contributed by atoms with Crippen molar-refractivity contribution in [1.82, 2.24) is 5.32 Å². The molecule has 1 unspecified atom stereocenters. The predicted octanol–water partition coefficient (Wildman–Crippen LogP) is 4.83. The van der Waals surface area contributed by atoms with Gasteiger partial charge in [0, 0.05) is 11.1 Å². The molecule has 1 N–H and O–H groups in total. The molecule has 2 rings (SSSR count). The van der Waals surface area contributed by atoms with Crippen LogP contribution in [0.15, 0.2) is 24.3 Å². The number of nitrogens with one attached hydrogen (secondary N) is 1. The number of benzene rings is 1. The van der Waals surface area contributed by atoms with Gasteiger partial charge in [0.25, 0.3) is 0 Å². The minimum Gasteiger partial charge on any atom is -0.313 e. The fourth-order valence-electron chi connectivity index (χ4n) is 3.40. The van der Waals surface area contributed by atoms with Crippen molar-refractivity contribution in [3.8, 4) is 0 Å². The van der Waals surface area contributed by atoms with E-state index in [1.54, 1.807) is 0 Å². The minimum atomic E-state index is 0.424. The lowest BCUT2D eigenvalue weighted by molar-refractivity contribution is 0.145. The van der Waals surface area contributed by atoms with Crippen molar-refractivity contribution >= 4 is 11.6 Å². The number of rotatable bonds is 5. The van der Waals surface area contributed by atoms with Crippen molar-refractivity contribution in [3.05, 3.63) is 34.9 Å². The molecule has 1 atom stereocenters. The quantitative estimate of drug-likeness (QED) is 0.814. The number of hydrogen-bond acceptors (Lipinski definition) is 1. The van der Waals surface area contributed by atoms with Crippen LogP contribution < -0.4 is 5.32 Å². The van der Waals surface area contributed by atoms with Crippen LogP contribution in [0.4, 0.5) is 0 Å². The average Bonchev–Trinajstić information content (AvgIpc) is 2.41. The van der Waals surface area contributed by atoms with Crippen molar-refractivity contribution < 1.29 is 0 Å². The molecule has 1 fully saturated rings. The van der Waals surface area contributed by atoms with Crippen LogP contribution >= 0.6 is 11.6 Å². The average molecular weight is 280 g/mol. The first-order valence-corrected chi connectivity index (χ1v) is 8.00. The highest BCUT2D eigenvalue weighted by atomic mass is 35.5. The van der Waals surface area contributed by atoms with E-state index >= 15 is 0 Å². The van der Waals surface area contributed by atoms with Gasteiger partial charge in [0.1, 0.15) is 0 Å². The van der Waals surface area contributed by atoms with E-state index in [9.17, 15) is 0 Å². The highest BCUT2D eigenvalue weighted by molar-refractivity contribution is 6.31. The van der Waals surface area contributed by atoms with Gasteiger partial charge in [-0.2, -0.15) is 0 Å². The van der Waals surface area contributed by atoms with E-state index in [2.05, 4.69) is 31.3 Å². The lowest BCUT2D eigenvalue weighted by atomic mass is 9.69. The molecule has 106 valence electrons. The van der Waals surface area contributed by atoms with Crippen LogP contribution in [0.5, 0.6) is 0 Å². The lowest BCUT2D eigenvalue weighted by Gasteiger charge is -2.41. The molecule has 0 radical (unpaired) electrons. The Labute approximate surface area is 122 Å². The molecule has 0 spiro atoms. The summed E-state index contributed by atoms with van der Waals surface area (Å²) in [6.45, 7) is 5.69. The summed E-state index contributed by atoms with van der Waals surface area (Å²) >= 11 is 6.33. The third kappa shape index (κ3) is 3.73. The van der Waals surface area contributed by atoms with Gasteiger partial charge < -0.3 is 5.32 Å². The molecule has 1 saturated carbocycles. The topological polar surface area (TPSA) is 12.0 Å². The largest absolute Gasteiger partial charge is 0.313 e. The molecule has 0 amide bonds. The third-order valence-corrected chi connectivity index (χ3v) is 5.04. The van der Waals surface area contributed by atoms with E-state index < -0.39 is 0 Å². The number of halogens is 1. The second-order valence-corrected chi connectivity index (χ2v) is 6.53. The van der Waals surface area contributed by atoms with Crippen molar-refractivity contribution in [2.24, 2.45) is 5.41 Å². The smallest absolute Gasteiger partial charge is 0.0438 e. The summed E-state index contributed by atoms with van der Waals surface area (Å²) in [7, 11) is 0. The van der Waals surface area contributed by atoms with Crippen LogP contribution in [0, 0.1) is 5.41 Å². The molecule has 0 aromatic heterocycles. The fourth-order valence-corrected chi connectivity index (χ4v) is 3.62. The van der Waals surface area contributed by atoms with Gasteiger partial charge in [-0.25, -0.2) is 0 Å². The molecule has 1 aliphatic carbocycles. The second-order valence-electron chi connectivity index (χ2n) is 6.12. The summed E-state index contributed by atoms with van der Waals surface area (Å²) in [5.41, 5.74) is 1.70. The summed E-state index contributed by atoms with van der Waals surface area (Å²) in [5, 5.41) is 4.62. The highest BCUT2D eigenvalue weighted by Gasteiger charge is 2.35. The third-order valence-electron chi connectivity index (χ3n) is 4.67. The van der Waals surface area contributed by atoms with Crippen LogP contribution in [-0.2, 0) is 6.42 Å². The van der Waals surface area contributed by atoms with Crippen molar-refractivity contribution in [2.45, 2.75) is 58.4 Å². The van der Waals surface area contributed by atoms with Gasteiger partial charge in [-0.1, -0.05) is 62.9 Å². The molecular weight excluding hydrogens is 254 g/mol. The van der Waals surface area contributed by atoms with Crippen LogP contribution in [0.25, 0.3) is 0 Å². The molecule has 2 heteroatoms. The van der Waals surface area contributed by atoms with E-state index in [0.29, 0.717) is 11.5 Å². The van der Waals surface area contributed by atoms with Crippen molar-refractivity contribution in [1.29, 1.82) is 0 Å². The molecule has 0 bridgehead atoms. The summed E-state index contributed by atoms with van der Waals surface area (Å²) in [5.74, 6) is 0. The van der Waals surface area contributed by atoms with Gasteiger partial charge in [0.2, 0.25) is 0 Å². The summed E-state index contributed by atoms with van der Waals surface area (Å²) in [6.07, 6.45) is 7.89. The molecule has 1 aromatic carbocycles. The zero-order chi connectivity index (χ0) is 13.7.